The third kappa shape index (κ3) is 5.05. The van der Waals surface area contributed by atoms with Gasteiger partial charge in [0.1, 0.15) is 5.76 Å². The molecule has 7 nitrogen and oxygen atoms in total. The number of carbonyl (C=O) groups is 1. The Balaban J connectivity index is 1.63. The third-order valence-electron chi connectivity index (χ3n) is 4.16. The molecule has 0 saturated carbocycles. The minimum atomic E-state index is -3.04. The van der Waals surface area contributed by atoms with Crippen LogP contribution in [0.1, 0.15) is 24.0 Å². The van der Waals surface area contributed by atoms with Gasteiger partial charge in [-0.2, -0.15) is 13.9 Å². The van der Waals surface area contributed by atoms with Gasteiger partial charge in [0.25, 0.3) is 0 Å². The highest BCUT2D eigenvalue weighted by Gasteiger charge is 2.28. The number of nitrogens with one attached hydrogen (secondary N) is 1. The summed E-state index contributed by atoms with van der Waals surface area (Å²) in [5, 5.41) is 6.78. The third-order valence-corrected chi connectivity index (χ3v) is 4.16. The molecule has 3 aromatic rings. The van der Waals surface area contributed by atoms with E-state index in [-0.39, 0.29) is 12.5 Å². The molecule has 0 spiro atoms. The van der Waals surface area contributed by atoms with E-state index in [1.807, 2.05) is 0 Å². The lowest BCUT2D eigenvalue weighted by molar-refractivity contribution is -0.111. The highest BCUT2D eigenvalue weighted by Crippen LogP contribution is 2.31. The molecule has 9 heteroatoms. The fraction of sp³-hybridized carbons (Fsp3) is 0.238. The van der Waals surface area contributed by atoms with Crippen LogP contribution >= 0.6 is 0 Å². The molecule has 0 unspecified atom stereocenters. The number of alkyl halides is 2. The number of anilines is 1. The van der Waals surface area contributed by atoms with Crippen LogP contribution in [0, 0.1) is 0 Å². The summed E-state index contributed by atoms with van der Waals surface area (Å²) < 4.78 is 43.7. The van der Waals surface area contributed by atoms with E-state index in [1.165, 1.54) is 43.3 Å². The Morgan fingerprint density at radius 2 is 2.07 bits per heavy atom. The molecule has 0 radical (unpaired) electrons. The minimum absolute atomic E-state index is 0.156. The molecule has 2 heterocycles. The topological polar surface area (TPSA) is 78.5 Å². The molecular formula is C21H21F2N3O4. The van der Waals surface area contributed by atoms with E-state index in [0.29, 0.717) is 28.5 Å². The van der Waals surface area contributed by atoms with E-state index in [2.05, 4.69) is 10.4 Å². The first kappa shape index (κ1) is 21.1. The highest BCUT2D eigenvalue weighted by molar-refractivity contribution is 6.02. The van der Waals surface area contributed by atoms with Crippen LogP contribution in [0.5, 0.6) is 11.5 Å². The predicted octanol–water partition coefficient (Wildman–Crippen LogP) is 4.31. The number of furan rings is 1. The van der Waals surface area contributed by atoms with Gasteiger partial charge in [-0.25, -0.2) is 0 Å². The second-order valence-electron chi connectivity index (χ2n) is 6.49. The molecule has 2 aromatic heterocycles. The Morgan fingerprint density at radius 3 is 2.73 bits per heavy atom. The van der Waals surface area contributed by atoms with Gasteiger partial charge in [0.15, 0.2) is 17.3 Å². The second kappa shape index (κ2) is 8.81. The quantitative estimate of drug-likeness (QED) is 0.553. The van der Waals surface area contributed by atoms with Crippen LogP contribution in [0.3, 0.4) is 0 Å². The number of halogens is 2. The standard InChI is InChI=1S/C21H21F2N3O4/c1-21(22,23)18-9-8-16(30-18)13-26-12-15(11-24-26)25-19(27)10-7-14-5-4-6-17(28-2)20(14)29-3/h4-12H,13H2,1-3H3,(H,25,27). The maximum absolute atomic E-state index is 13.3. The molecule has 0 fully saturated rings. The molecule has 1 N–H and O–H groups in total. The van der Waals surface area contributed by atoms with Crippen molar-refractivity contribution in [1.29, 1.82) is 0 Å². The largest absolute Gasteiger partial charge is 0.493 e. The molecule has 3 rings (SSSR count). The van der Waals surface area contributed by atoms with Crippen molar-refractivity contribution in [3.05, 3.63) is 65.9 Å². The normalized spacial score (nSPS) is 11.6. The number of ether oxygens (including phenoxy) is 2. The molecule has 158 valence electrons. The summed E-state index contributed by atoms with van der Waals surface area (Å²) in [5.41, 5.74) is 1.14. The summed E-state index contributed by atoms with van der Waals surface area (Å²) in [7, 11) is 3.06. The zero-order valence-corrected chi connectivity index (χ0v) is 16.7. The lowest BCUT2D eigenvalue weighted by Gasteiger charge is -2.09. The number of benzene rings is 1. The number of hydrogen-bond donors (Lipinski definition) is 1. The molecule has 1 amide bonds. The molecular weight excluding hydrogens is 396 g/mol. The first-order valence-corrected chi connectivity index (χ1v) is 8.99. The lowest BCUT2D eigenvalue weighted by Crippen LogP contribution is -2.07. The van der Waals surface area contributed by atoms with Gasteiger partial charge in [-0.05, 0) is 24.3 Å². The molecule has 1 aromatic carbocycles. The van der Waals surface area contributed by atoms with Crippen molar-refractivity contribution in [3.63, 3.8) is 0 Å². The van der Waals surface area contributed by atoms with Crippen LogP contribution in [-0.4, -0.2) is 29.9 Å². The maximum atomic E-state index is 13.3. The van der Waals surface area contributed by atoms with Crippen molar-refractivity contribution in [1.82, 2.24) is 9.78 Å². The molecule has 0 aliphatic heterocycles. The Kier molecular flexibility index (Phi) is 6.20. The number of amides is 1. The fourth-order valence-corrected chi connectivity index (χ4v) is 2.77. The Hall–Kier alpha value is -3.62. The van der Waals surface area contributed by atoms with Crippen molar-refractivity contribution < 1.29 is 27.5 Å². The summed E-state index contributed by atoms with van der Waals surface area (Å²) in [5.74, 6) is -2.41. The van der Waals surface area contributed by atoms with E-state index >= 15 is 0 Å². The minimum Gasteiger partial charge on any atom is -0.493 e. The molecule has 0 aliphatic carbocycles. The van der Waals surface area contributed by atoms with Gasteiger partial charge in [0.05, 0.1) is 32.6 Å². The van der Waals surface area contributed by atoms with Crippen LogP contribution in [0.2, 0.25) is 0 Å². The van der Waals surface area contributed by atoms with Crippen LogP contribution < -0.4 is 14.8 Å². The number of aromatic nitrogens is 2. The average Bonchev–Trinajstić information content (AvgIpc) is 3.35. The smallest absolute Gasteiger partial charge is 0.301 e. The summed E-state index contributed by atoms with van der Waals surface area (Å²) in [6.45, 7) is 0.925. The van der Waals surface area contributed by atoms with E-state index in [1.54, 1.807) is 30.5 Å². The Labute approximate surface area is 171 Å². The lowest BCUT2D eigenvalue weighted by atomic mass is 10.1. The van der Waals surface area contributed by atoms with Crippen LogP contribution in [0.25, 0.3) is 6.08 Å². The average molecular weight is 417 g/mol. The van der Waals surface area contributed by atoms with Crippen molar-refractivity contribution in [2.45, 2.75) is 19.4 Å². The monoisotopic (exact) mass is 417 g/mol. The number of rotatable bonds is 8. The number of hydrogen-bond acceptors (Lipinski definition) is 5. The Morgan fingerprint density at radius 1 is 1.27 bits per heavy atom. The van der Waals surface area contributed by atoms with Gasteiger partial charge in [-0.3, -0.25) is 9.48 Å². The van der Waals surface area contributed by atoms with E-state index in [0.717, 1.165) is 6.92 Å². The summed E-state index contributed by atoms with van der Waals surface area (Å²) in [6.07, 6.45) is 5.99. The molecule has 0 atom stereocenters. The second-order valence-corrected chi connectivity index (χ2v) is 6.49. The number of carbonyl (C=O) groups excluding carboxylic acids is 1. The number of methoxy groups -OCH3 is 2. The van der Waals surface area contributed by atoms with Crippen LogP contribution in [0.15, 0.2) is 53.2 Å². The van der Waals surface area contributed by atoms with Crippen LogP contribution in [0.4, 0.5) is 14.5 Å². The van der Waals surface area contributed by atoms with Gasteiger partial charge in [-0.15, -0.1) is 0 Å². The number of nitrogens with zero attached hydrogens (tertiary/aromatic N) is 2. The number of para-hydroxylation sites is 1. The summed E-state index contributed by atoms with van der Waals surface area (Å²) in [4.78, 5) is 12.2. The Bertz CT molecular complexity index is 1050. The maximum Gasteiger partial charge on any atom is 0.301 e. The van der Waals surface area contributed by atoms with E-state index in [4.69, 9.17) is 13.9 Å². The summed E-state index contributed by atoms with van der Waals surface area (Å²) >= 11 is 0. The van der Waals surface area contributed by atoms with Crippen molar-refractivity contribution >= 4 is 17.7 Å². The molecule has 0 aliphatic rings. The fourth-order valence-electron chi connectivity index (χ4n) is 2.77. The van der Waals surface area contributed by atoms with Crippen molar-refractivity contribution in [2.24, 2.45) is 0 Å². The van der Waals surface area contributed by atoms with Gasteiger partial charge < -0.3 is 19.2 Å². The van der Waals surface area contributed by atoms with Gasteiger partial charge in [0, 0.05) is 24.8 Å². The van der Waals surface area contributed by atoms with Gasteiger partial charge in [0.2, 0.25) is 5.91 Å². The first-order valence-electron chi connectivity index (χ1n) is 8.99. The molecule has 0 saturated heterocycles. The SMILES string of the molecule is COc1cccc(C=CC(=O)Nc2cnn(Cc3ccc(C(C)(F)F)o3)c2)c1OC. The first-order chi connectivity index (χ1) is 14.3. The van der Waals surface area contributed by atoms with Gasteiger partial charge >= 0.3 is 5.92 Å². The van der Waals surface area contributed by atoms with Crippen molar-refractivity contribution in [2.75, 3.05) is 19.5 Å². The summed E-state index contributed by atoms with van der Waals surface area (Å²) in [6, 6.07) is 8.04. The molecule has 0 bridgehead atoms. The predicted molar refractivity (Wildman–Crippen MR) is 107 cm³/mol. The van der Waals surface area contributed by atoms with E-state index in [9.17, 15) is 13.6 Å². The van der Waals surface area contributed by atoms with Crippen LogP contribution in [-0.2, 0) is 17.3 Å². The van der Waals surface area contributed by atoms with Crippen molar-refractivity contribution in [3.8, 4) is 11.5 Å². The highest BCUT2D eigenvalue weighted by atomic mass is 19.3. The van der Waals surface area contributed by atoms with E-state index < -0.39 is 11.7 Å². The molecule has 30 heavy (non-hydrogen) atoms. The zero-order valence-electron chi connectivity index (χ0n) is 16.7. The zero-order chi connectivity index (χ0) is 21.7. The van der Waals surface area contributed by atoms with Gasteiger partial charge in [-0.1, -0.05) is 12.1 Å².